The molecular weight excluding hydrogens is 343 g/mol. The van der Waals surface area contributed by atoms with Crippen LogP contribution in [0.4, 0.5) is 9.18 Å². The normalized spacial score (nSPS) is 16.9. The summed E-state index contributed by atoms with van der Waals surface area (Å²) in [4.78, 5) is 23.2. The maximum absolute atomic E-state index is 13.1. The first-order valence-corrected chi connectivity index (χ1v) is 7.35. The Labute approximate surface area is 130 Å². The summed E-state index contributed by atoms with van der Waals surface area (Å²) in [6.45, 7) is 1.70. The van der Waals surface area contributed by atoms with Gasteiger partial charge in [-0.1, -0.05) is 6.07 Å². The van der Waals surface area contributed by atoms with Crippen molar-refractivity contribution in [1.29, 1.82) is 0 Å². The molecule has 5 nitrogen and oxygen atoms in total. The van der Waals surface area contributed by atoms with Crippen LogP contribution in [0.5, 0.6) is 0 Å². The first kappa shape index (κ1) is 15.8. The van der Waals surface area contributed by atoms with Gasteiger partial charge in [0, 0.05) is 6.54 Å². The van der Waals surface area contributed by atoms with Crippen molar-refractivity contribution in [1.82, 2.24) is 10.6 Å². The van der Waals surface area contributed by atoms with Gasteiger partial charge < -0.3 is 15.7 Å². The first-order valence-electron chi connectivity index (χ1n) is 6.56. The maximum Gasteiger partial charge on any atom is 0.329 e. The molecule has 114 valence electrons. The minimum Gasteiger partial charge on any atom is -0.480 e. The van der Waals surface area contributed by atoms with Crippen molar-refractivity contribution in [2.75, 3.05) is 0 Å². The van der Waals surface area contributed by atoms with Crippen LogP contribution in [0, 0.1) is 11.7 Å². The maximum atomic E-state index is 13.1. The van der Waals surface area contributed by atoms with E-state index in [9.17, 15) is 19.1 Å². The Hall–Kier alpha value is -1.63. The second-order valence-corrected chi connectivity index (χ2v) is 6.19. The van der Waals surface area contributed by atoms with E-state index in [1.165, 1.54) is 13.0 Å². The summed E-state index contributed by atoms with van der Waals surface area (Å²) < 4.78 is 13.4. The van der Waals surface area contributed by atoms with Crippen molar-refractivity contribution >= 4 is 27.9 Å². The summed E-state index contributed by atoms with van der Waals surface area (Å²) in [5.41, 5.74) is -0.533. The summed E-state index contributed by atoms with van der Waals surface area (Å²) in [6, 6.07) is 3.86. The molecule has 1 saturated carbocycles. The molecule has 2 rings (SSSR count). The quantitative estimate of drug-likeness (QED) is 0.756. The van der Waals surface area contributed by atoms with Gasteiger partial charge in [0.25, 0.3) is 0 Å². The summed E-state index contributed by atoms with van der Waals surface area (Å²) in [5.74, 6) is -1.44. The molecule has 0 bridgehead atoms. The van der Waals surface area contributed by atoms with Gasteiger partial charge in [-0.3, -0.25) is 0 Å². The first-order chi connectivity index (χ1) is 9.83. The lowest BCUT2D eigenvalue weighted by Crippen LogP contribution is -2.56. The average Bonchev–Trinajstić information content (AvgIpc) is 3.24. The highest BCUT2D eigenvalue weighted by Gasteiger charge is 2.48. The molecule has 3 N–H and O–H groups in total. The number of carbonyl (C=O) groups is 2. The summed E-state index contributed by atoms with van der Waals surface area (Å²) >= 11 is 3.07. The summed E-state index contributed by atoms with van der Waals surface area (Å²) in [7, 11) is 0. The standard InChI is InChI=1S/C14H16BrFN2O3/c1-14(12(19)20,9-3-4-9)18-13(21)17-7-8-2-5-11(16)10(15)6-8/h2,5-6,9H,3-4,7H2,1H3,(H,19,20)(H2,17,18,21). The Morgan fingerprint density at radius 1 is 1.48 bits per heavy atom. The third-order valence-electron chi connectivity index (χ3n) is 3.65. The van der Waals surface area contributed by atoms with Crippen LogP contribution in [0.3, 0.4) is 0 Å². The minimum absolute atomic E-state index is 0.0271. The lowest BCUT2D eigenvalue weighted by Gasteiger charge is -2.26. The molecule has 1 aliphatic carbocycles. The minimum atomic E-state index is -1.24. The molecule has 7 heteroatoms. The molecule has 0 aliphatic heterocycles. The van der Waals surface area contributed by atoms with Gasteiger partial charge in [-0.25, -0.2) is 14.0 Å². The van der Waals surface area contributed by atoms with Crippen LogP contribution >= 0.6 is 15.9 Å². The molecule has 1 unspecified atom stereocenters. The highest BCUT2D eigenvalue weighted by Crippen LogP contribution is 2.39. The molecule has 0 spiro atoms. The number of hydrogen-bond donors (Lipinski definition) is 3. The zero-order valence-electron chi connectivity index (χ0n) is 11.5. The highest BCUT2D eigenvalue weighted by atomic mass is 79.9. The summed E-state index contributed by atoms with van der Waals surface area (Å²) in [6.07, 6.45) is 1.60. The van der Waals surface area contributed by atoms with E-state index in [0.717, 1.165) is 12.8 Å². The van der Waals surface area contributed by atoms with E-state index in [0.29, 0.717) is 10.0 Å². The van der Waals surface area contributed by atoms with Crippen molar-refractivity contribution in [3.05, 3.63) is 34.1 Å². The monoisotopic (exact) mass is 358 g/mol. The molecule has 1 fully saturated rings. The molecule has 0 aromatic heterocycles. The number of carboxylic acids is 1. The topological polar surface area (TPSA) is 78.4 Å². The number of carbonyl (C=O) groups excluding carboxylic acids is 1. The van der Waals surface area contributed by atoms with Gasteiger partial charge in [0.2, 0.25) is 0 Å². The van der Waals surface area contributed by atoms with Gasteiger partial charge in [0.15, 0.2) is 0 Å². The second-order valence-electron chi connectivity index (χ2n) is 5.34. The molecule has 0 saturated heterocycles. The zero-order chi connectivity index (χ0) is 15.6. The van der Waals surface area contributed by atoms with E-state index < -0.39 is 17.5 Å². The lowest BCUT2D eigenvalue weighted by molar-refractivity contribution is -0.144. The number of hydrogen-bond acceptors (Lipinski definition) is 2. The Morgan fingerprint density at radius 3 is 2.67 bits per heavy atom. The van der Waals surface area contributed by atoms with Gasteiger partial charge in [-0.05, 0) is 59.3 Å². The predicted octanol–water partition coefficient (Wildman–Crippen LogP) is 2.64. The predicted molar refractivity (Wildman–Crippen MR) is 78.2 cm³/mol. The molecular formula is C14H16BrFN2O3. The van der Waals surface area contributed by atoms with E-state index in [2.05, 4.69) is 26.6 Å². The van der Waals surface area contributed by atoms with E-state index in [1.807, 2.05) is 0 Å². The Bertz CT molecular complexity index is 577. The molecule has 1 atom stereocenters. The summed E-state index contributed by atoms with van der Waals surface area (Å²) in [5, 5.41) is 14.4. The van der Waals surface area contributed by atoms with Gasteiger partial charge in [-0.15, -0.1) is 0 Å². The van der Waals surface area contributed by atoms with Crippen LogP contribution in [0.15, 0.2) is 22.7 Å². The fraction of sp³-hybridized carbons (Fsp3) is 0.429. The number of nitrogens with one attached hydrogen (secondary N) is 2. The Morgan fingerprint density at radius 2 is 2.14 bits per heavy atom. The third-order valence-corrected chi connectivity index (χ3v) is 4.26. The number of halogens is 2. The van der Waals surface area contributed by atoms with E-state index >= 15 is 0 Å². The molecule has 0 heterocycles. The number of carboxylic acid groups (broad SMARTS) is 1. The van der Waals surface area contributed by atoms with Crippen LogP contribution in [-0.4, -0.2) is 22.6 Å². The fourth-order valence-electron chi connectivity index (χ4n) is 2.10. The molecule has 0 radical (unpaired) electrons. The SMILES string of the molecule is CC(NC(=O)NCc1ccc(F)c(Br)c1)(C(=O)O)C1CC1. The van der Waals surface area contributed by atoms with Crippen molar-refractivity contribution in [3.63, 3.8) is 0 Å². The molecule has 2 amide bonds. The number of amides is 2. The molecule has 21 heavy (non-hydrogen) atoms. The van der Waals surface area contributed by atoms with Gasteiger partial charge >= 0.3 is 12.0 Å². The Kier molecular flexibility index (Phi) is 4.51. The number of benzene rings is 1. The van der Waals surface area contributed by atoms with Crippen molar-refractivity contribution in [2.24, 2.45) is 5.92 Å². The van der Waals surface area contributed by atoms with E-state index in [4.69, 9.17) is 0 Å². The molecule has 1 aliphatic rings. The average molecular weight is 359 g/mol. The fourth-order valence-corrected chi connectivity index (χ4v) is 2.53. The van der Waals surface area contributed by atoms with Crippen LogP contribution < -0.4 is 10.6 Å². The smallest absolute Gasteiger partial charge is 0.329 e. The molecule has 1 aromatic carbocycles. The van der Waals surface area contributed by atoms with Gasteiger partial charge in [0.1, 0.15) is 11.4 Å². The van der Waals surface area contributed by atoms with Crippen molar-refractivity contribution in [3.8, 4) is 0 Å². The zero-order valence-corrected chi connectivity index (χ0v) is 13.0. The number of rotatable bonds is 5. The van der Waals surface area contributed by atoms with Gasteiger partial charge in [-0.2, -0.15) is 0 Å². The lowest BCUT2D eigenvalue weighted by atomic mass is 9.96. The van der Waals surface area contributed by atoms with Crippen LogP contribution in [0.1, 0.15) is 25.3 Å². The molecule has 1 aromatic rings. The van der Waals surface area contributed by atoms with E-state index in [-0.39, 0.29) is 18.3 Å². The van der Waals surface area contributed by atoms with Crippen LogP contribution in [-0.2, 0) is 11.3 Å². The van der Waals surface area contributed by atoms with Crippen molar-refractivity contribution < 1.29 is 19.1 Å². The number of aliphatic carboxylic acids is 1. The largest absolute Gasteiger partial charge is 0.480 e. The highest BCUT2D eigenvalue weighted by molar-refractivity contribution is 9.10. The third kappa shape index (κ3) is 3.72. The Balaban J connectivity index is 1.92. The number of urea groups is 1. The van der Waals surface area contributed by atoms with Gasteiger partial charge in [0.05, 0.1) is 4.47 Å². The van der Waals surface area contributed by atoms with Crippen LogP contribution in [0.2, 0.25) is 0 Å². The van der Waals surface area contributed by atoms with Crippen LogP contribution in [0.25, 0.3) is 0 Å². The van der Waals surface area contributed by atoms with Crippen molar-refractivity contribution in [2.45, 2.75) is 31.8 Å². The van der Waals surface area contributed by atoms with E-state index in [1.54, 1.807) is 12.1 Å². The second kappa shape index (κ2) is 6.01.